The highest BCUT2D eigenvalue weighted by atomic mass is 16.4. The predicted molar refractivity (Wildman–Crippen MR) is 64.4 cm³/mol. The van der Waals surface area contributed by atoms with Gasteiger partial charge in [0.05, 0.1) is 0 Å². The summed E-state index contributed by atoms with van der Waals surface area (Å²) in [6, 6.07) is 8.84. The lowest BCUT2D eigenvalue weighted by Crippen LogP contribution is -2.29. The predicted octanol–water partition coefficient (Wildman–Crippen LogP) is 1.68. The Bertz CT molecular complexity index is 314. The first-order valence-corrected chi connectivity index (χ1v) is 5.48. The summed E-state index contributed by atoms with van der Waals surface area (Å²) in [5.74, 6) is -0.819. The van der Waals surface area contributed by atoms with Crippen molar-refractivity contribution in [2.75, 3.05) is 11.9 Å². The fourth-order valence-corrected chi connectivity index (χ4v) is 1.49. The van der Waals surface area contributed by atoms with Gasteiger partial charge in [-0.15, -0.1) is 0 Å². The van der Waals surface area contributed by atoms with Crippen LogP contribution in [0.25, 0.3) is 0 Å². The van der Waals surface area contributed by atoms with Crippen molar-refractivity contribution in [3.05, 3.63) is 30.3 Å². The molecule has 0 aliphatic rings. The molecule has 0 aromatic heterocycles. The number of nitrogens with two attached hydrogens (primary N) is 1. The number of hydrogen-bond donors (Lipinski definition) is 3. The standard InChI is InChI=1S/C12H18N2O2/c13-9-5-4-8-11(12(15)16)14-10-6-2-1-3-7-10/h1-3,6-7,11,14H,4-5,8-9,13H2,(H,15,16)/t11-/m0/s1. The maximum atomic E-state index is 11.0. The molecule has 0 saturated heterocycles. The summed E-state index contributed by atoms with van der Waals surface area (Å²) in [6.45, 7) is 0.609. The average molecular weight is 222 g/mol. The zero-order chi connectivity index (χ0) is 11.8. The van der Waals surface area contributed by atoms with E-state index in [4.69, 9.17) is 10.8 Å². The third kappa shape index (κ3) is 4.31. The van der Waals surface area contributed by atoms with E-state index in [-0.39, 0.29) is 0 Å². The van der Waals surface area contributed by atoms with E-state index in [2.05, 4.69) is 5.32 Å². The van der Waals surface area contributed by atoms with Gasteiger partial charge in [0.25, 0.3) is 0 Å². The Labute approximate surface area is 95.5 Å². The third-order valence-electron chi connectivity index (χ3n) is 2.36. The van der Waals surface area contributed by atoms with Crippen molar-refractivity contribution in [1.82, 2.24) is 0 Å². The van der Waals surface area contributed by atoms with Crippen molar-refractivity contribution in [3.8, 4) is 0 Å². The molecule has 16 heavy (non-hydrogen) atoms. The first kappa shape index (κ1) is 12.5. The lowest BCUT2D eigenvalue weighted by Gasteiger charge is -2.15. The summed E-state index contributed by atoms with van der Waals surface area (Å²) < 4.78 is 0. The number of unbranched alkanes of at least 4 members (excludes halogenated alkanes) is 1. The normalized spacial score (nSPS) is 12.1. The SMILES string of the molecule is NCCCC[C@H](Nc1ccccc1)C(=O)O. The number of aliphatic carboxylic acids is 1. The molecule has 0 radical (unpaired) electrons. The highest BCUT2D eigenvalue weighted by Crippen LogP contribution is 2.11. The van der Waals surface area contributed by atoms with Crippen molar-refractivity contribution >= 4 is 11.7 Å². The molecule has 4 N–H and O–H groups in total. The second-order valence-electron chi connectivity index (χ2n) is 3.69. The summed E-state index contributed by atoms with van der Waals surface area (Å²) in [7, 11) is 0. The van der Waals surface area contributed by atoms with E-state index in [1.807, 2.05) is 30.3 Å². The number of rotatable bonds is 7. The van der Waals surface area contributed by atoms with E-state index in [1.165, 1.54) is 0 Å². The summed E-state index contributed by atoms with van der Waals surface area (Å²) in [6.07, 6.45) is 2.29. The van der Waals surface area contributed by atoms with Crippen molar-refractivity contribution in [2.24, 2.45) is 5.73 Å². The van der Waals surface area contributed by atoms with Gasteiger partial charge in [0, 0.05) is 5.69 Å². The highest BCUT2D eigenvalue weighted by molar-refractivity contribution is 5.77. The van der Waals surface area contributed by atoms with Crippen LogP contribution in [0.3, 0.4) is 0 Å². The maximum Gasteiger partial charge on any atom is 0.326 e. The largest absolute Gasteiger partial charge is 0.480 e. The van der Waals surface area contributed by atoms with E-state index < -0.39 is 12.0 Å². The molecule has 0 aliphatic heterocycles. The van der Waals surface area contributed by atoms with Crippen LogP contribution < -0.4 is 11.1 Å². The molecule has 4 nitrogen and oxygen atoms in total. The zero-order valence-corrected chi connectivity index (χ0v) is 9.23. The molecule has 0 unspecified atom stereocenters. The Morgan fingerprint density at radius 2 is 2.00 bits per heavy atom. The zero-order valence-electron chi connectivity index (χ0n) is 9.23. The van der Waals surface area contributed by atoms with Gasteiger partial charge in [0.15, 0.2) is 0 Å². The minimum absolute atomic E-state index is 0.533. The van der Waals surface area contributed by atoms with E-state index in [9.17, 15) is 4.79 Å². The molecule has 0 saturated carbocycles. The Kier molecular flexibility index (Phi) is 5.36. The van der Waals surface area contributed by atoms with E-state index in [1.54, 1.807) is 0 Å². The molecule has 1 atom stereocenters. The Hall–Kier alpha value is -1.55. The van der Waals surface area contributed by atoms with Crippen LogP contribution in [-0.2, 0) is 4.79 Å². The highest BCUT2D eigenvalue weighted by Gasteiger charge is 2.15. The molecule has 0 heterocycles. The number of carbonyl (C=O) groups is 1. The fourth-order valence-electron chi connectivity index (χ4n) is 1.49. The van der Waals surface area contributed by atoms with Gasteiger partial charge in [0.2, 0.25) is 0 Å². The lowest BCUT2D eigenvalue weighted by atomic mass is 10.1. The maximum absolute atomic E-state index is 11.0. The minimum Gasteiger partial charge on any atom is -0.480 e. The van der Waals surface area contributed by atoms with Crippen LogP contribution in [0.2, 0.25) is 0 Å². The first-order valence-electron chi connectivity index (χ1n) is 5.48. The molecule has 0 amide bonds. The van der Waals surface area contributed by atoms with Gasteiger partial charge >= 0.3 is 5.97 Å². The van der Waals surface area contributed by atoms with E-state index in [0.29, 0.717) is 13.0 Å². The monoisotopic (exact) mass is 222 g/mol. The average Bonchev–Trinajstić information content (AvgIpc) is 2.29. The summed E-state index contributed by atoms with van der Waals surface area (Å²) in [5.41, 5.74) is 6.21. The molecular formula is C12H18N2O2. The fraction of sp³-hybridized carbons (Fsp3) is 0.417. The van der Waals surface area contributed by atoms with Gasteiger partial charge in [-0.1, -0.05) is 18.2 Å². The minimum atomic E-state index is -0.819. The third-order valence-corrected chi connectivity index (χ3v) is 2.36. The van der Waals surface area contributed by atoms with Gasteiger partial charge in [0.1, 0.15) is 6.04 Å². The van der Waals surface area contributed by atoms with Crippen LogP contribution in [0.15, 0.2) is 30.3 Å². The van der Waals surface area contributed by atoms with Crippen molar-refractivity contribution in [2.45, 2.75) is 25.3 Å². The van der Waals surface area contributed by atoms with E-state index >= 15 is 0 Å². The molecule has 1 aromatic carbocycles. The van der Waals surface area contributed by atoms with Crippen molar-refractivity contribution < 1.29 is 9.90 Å². The smallest absolute Gasteiger partial charge is 0.326 e. The van der Waals surface area contributed by atoms with E-state index in [0.717, 1.165) is 18.5 Å². The molecule has 0 aliphatic carbocycles. The van der Waals surface area contributed by atoms with Gasteiger partial charge in [-0.25, -0.2) is 4.79 Å². The summed E-state index contributed by atoms with van der Waals surface area (Å²) in [4.78, 5) is 11.0. The first-order chi connectivity index (χ1) is 7.74. The van der Waals surface area contributed by atoms with Crippen molar-refractivity contribution in [3.63, 3.8) is 0 Å². The molecule has 1 rings (SSSR count). The van der Waals surface area contributed by atoms with Crippen LogP contribution in [0.1, 0.15) is 19.3 Å². The number of carboxylic acids is 1. The number of anilines is 1. The second kappa shape index (κ2) is 6.85. The van der Waals surface area contributed by atoms with Crippen molar-refractivity contribution in [1.29, 1.82) is 0 Å². The molecule has 0 bridgehead atoms. The Morgan fingerprint density at radius 3 is 2.56 bits per heavy atom. The second-order valence-corrected chi connectivity index (χ2v) is 3.69. The summed E-state index contributed by atoms with van der Waals surface area (Å²) in [5, 5.41) is 12.0. The quantitative estimate of drug-likeness (QED) is 0.613. The number of para-hydroxylation sites is 1. The Morgan fingerprint density at radius 1 is 1.31 bits per heavy atom. The molecule has 0 fully saturated rings. The van der Waals surface area contributed by atoms with Gasteiger partial charge in [-0.2, -0.15) is 0 Å². The molecule has 88 valence electrons. The number of hydrogen-bond acceptors (Lipinski definition) is 3. The Balaban J connectivity index is 2.48. The summed E-state index contributed by atoms with van der Waals surface area (Å²) >= 11 is 0. The number of nitrogens with one attached hydrogen (secondary N) is 1. The van der Waals surface area contributed by atoms with Gasteiger partial charge in [-0.05, 0) is 37.9 Å². The molecule has 0 spiro atoms. The molecule has 1 aromatic rings. The van der Waals surface area contributed by atoms with Crippen LogP contribution in [0, 0.1) is 0 Å². The molecular weight excluding hydrogens is 204 g/mol. The van der Waals surface area contributed by atoms with Crippen LogP contribution in [-0.4, -0.2) is 23.7 Å². The van der Waals surface area contributed by atoms with Crippen LogP contribution in [0.4, 0.5) is 5.69 Å². The number of carboxylic acid groups (broad SMARTS) is 1. The molecule has 4 heteroatoms. The van der Waals surface area contributed by atoms with Crippen LogP contribution >= 0.6 is 0 Å². The van der Waals surface area contributed by atoms with Crippen LogP contribution in [0.5, 0.6) is 0 Å². The number of benzene rings is 1. The van der Waals surface area contributed by atoms with Gasteiger partial charge < -0.3 is 16.2 Å². The lowest BCUT2D eigenvalue weighted by molar-refractivity contribution is -0.138. The van der Waals surface area contributed by atoms with Gasteiger partial charge in [-0.3, -0.25) is 0 Å². The topological polar surface area (TPSA) is 75.3 Å².